The van der Waals surface area contributed by atoms with E-state index < -0.39 is 0 Å². The molecule has 0 unspecified atom stereocenters. The van der Waals surface area contributed by atoms with Crippen LogP contribution in [-0.2, 0) is 11.8 Å². The zero-order chi connectivity index (χ0) is 12.2. The predicted molar refractivity (Wildman–Crippen MR) is 73.7 cm³/mol. The number of fused-ring (bicyclic) bond motifs is 1. The molecule has 2 aliphatic carbocycles. The minimum atomic E-state index is 0.515. The van der Waals surface area contributed by atoms with Crippen molar-refractivity contribution in [3.63, 3.8) is 0 Å². The summed E-state index contributed by atoms with van der Waals surface area (Å²) in [6.45, 7) is 1.29. The maximum atomic E-state index is 3.35. The van der Waals surface area contributed by atoms with Crippen molar-refractivity contribution in [1.82, 2.24) is 4.90 Å². The number of likely N-dealkylation sites (tertiary alicyclic amines) is 1. The van der Waals surface area contributed by atoms with E-state index in [1.165, 1.54) is 45.1 Å². The van der Waals surface area contributed by atoms with E-state index in [0.29, 0.717) is 5.41 Å². The third-order valence-electron chi connectivity index (χ3n) is 5.96. The van der Waals surface area contributed by atoms with E-state index in [0.717, 1.165) is 12.0 Å². The summed E-state index contributed by atoms with van der Waals surface area (Å²) >= 11 is 0. The van der Waals surface area contributed by atoms with Crippen molar-refractivity contribution >= 4 is 0 Å². The zero-order valence-corrected chi connectivity index (χ0v) is 11.3. The molecule has 2 bridgehead atoms. The van der Waals surface area contributed by atoms with Crippen molar-refractivity contribution < 1.29 is 0 Å². The molecule has 1 heterocycles. The van der Waals surface area contributed by atoms with E-state index >= 15 is 0 Å². The van der Waals surface area contributed by atoms with E-state index in [-0.39, 0.29) is 0 Å². The summed E-state index contributed by atoms with van der Waals surface area (Å²) in [5, 5.41) is 0. The lowest BCUT2D eigenvalue weighted by molar-refractivity contribution is 0.00285. The Bertz CT molecular complexity index is 466. The number of benzene rings is 1. The first-order valence-corrected chi connectivity index (χ1v) is 7.51. The molecule has 3 aliphatic rings. The van der Waals surface area contributed by atoms with Gasteiger partial charge in [0.25, 0.3) is 0 Å². The average molecular weight is 240 g/mol. The molecule has 95 valence electrons. The van der Waals surface area contributed by atoms with Crippen LogP contribution in [0.25, 0.3) is 0 Å². The van der Waals surface area contributed by atoms with Crippen molar-refractivity contribution in [2.24, 2.45) is 5.92 Å². The fraction of sp³-hybridized carbons (Fsp3) is 0.647. The van der Waals surface area contributed by atoms with Crippen LogP contribution in [-0.4, -0.2) is 24.5 Å². The van der Waals surface area contributed by atoms with Crippen molar-refractivity contribution in [1.29, 1.82) is 0 Å². The third kappa shape index (κ3) is 1.31. The van der Waals surface area contributed by atoms with Crippen molar-refractivity contribution in [3.05, 3.63) is 35.4 Å². The number of hydrogen-bond donors (Lipinski definition) is 0. The van der Waals surface area contributed by atoms with Crippen LogP contribution >= 0.6 is 0 Å². The van der Waals surface area contributed by atoms with Crippen LogP contribution in [0.1, 0.15) is 43.2 Å². The summed E-state index contributed by atoms with van der Waals surface area (Å²) in [6.07, 6.45) is 8.39. The Morgan fingerprint density at radius 1 is 1.33 bits per heavy atom. The molecule has 0 aromatic heterocycles. The second-order valence-electron chi connectivity index (χ2n) is 6.59. The molecule has 1 saturated heterocycles. The van der Waals surface area contributed by atoms with Crippen LogP contribution in [0.2, 0.25) is 0 Å². The first kappa shape index (κ1) is 11.0. The molecule has 1 saturated carbocycles. The minimum absolute atomic E-state index is 0.515. The Morgan fingerprint density at radius 3 is 3.22 bits per heavy atom. The molecule has 1 aromatic carbocycles. The number of nitrogens with zero attached hydrogens (tertiary/aromatic N) is 1. The monoisotopic (exact) mass is 240 g/mol. The molecule has 0 amide bonds. The standard InChI is InChI=1S/C17H22N/c1-18-11-10-17-9-5-4-8-15(17)16(18)12-13-6-2-3-7-14(13)17/h2,6-7,15-16H,4-5,8-12H2,1H3/t15-,16+,17-/m0/s1. The summed E-state index contributed by atoms with van der Waals surface area (Å²) in [5.41, 5.74) is 3.79. The van der Waals surface area contributed by atoms with Gasteiger partial charge < -0.3 is 4.90 Å². The molecule has 3 atom stereocenters. The van der Waals surface area contributed by atoms with Gasteiger partial charge in [-0.25, -0.2) is 0 Å². The molecule has 1 nitrogen and oxygen atoms in total. The van der Waals surface area contributed by atoms with Crippen LogP contribution in [0.4, 0.5) is 0 Å². The molecule has 18 heavy (non-hydrogen) atoms. The largest absolute Gasteiger partial charge is 0.303 e. The van der Waals surface area contributed by atoms with E-state index in [1.807, 2.05) is 0 Å². The fourth-order valence-corrected chi connectivity index (χ4v) is 5.08. The Balaban J connectivity index is 1.90. The second kappa shape index (κ2) is 3.84. The SMILES string of the molecule is CN1CC[C@]23CCCC[C@H]2[C@H]1Cc1cc[c]cc13. The number of hydrogen-bond acceptors (Lipinski definition) is 1. The highest BCUT2D eigenvalue weighted by Crippen LogP contribution is 2.55. The Labute approximate surface area is 110 Å². The third-order valence-corrected chi connectivity index (χ3v) is 5.96. The maximum Gasteiger partial charge on any atom is 0.0169 e. The number of rotatable bonds is 0. The van der Waals surface area contributed by atoms with Gasteiger partial charge in [-0.05, 0) is 62.4 Å². The highest BCUT2D eigenvalue weighted by molar-refractivity contribution is 5.40. The Morgan fingerprint density at radius 2 is 2.28 bits per heavy atom. The van der Waals surface area contributed by atoms with Gasteiger partial charge >= 0.3 is 0 Å². The first-order valence-electron chi connectivity index (χ1n) is 7.51. The molecule has 4 rings (SSSR count). The van der Waals surface area contributed by atoms with Crippen LogP contribution in [0.3, 0.4) is 0 Å². The quantitative estimate of drug-likeness (QED) is 0.673. The van der Waals surface area contributed by atoms with Gasteiger partial charge in [-0.2, -0.15) is 0 Å². The maximum absolute atomic E-state index is 3.35. The molecule has 1 aromatic rings. The van der Waals surface area contributed by atoms with Gasteiger partial charge in [0.2, 0.25) is 0 Å². The summed E-state index contributed by atoms with van der Waals surface area (Å²) in [7, 11) is 2.34. The van der Waals surface area contributed by atoms with Gasteiger partial charge in [0.15, 0.2) is 0 Å². The van der Waals surface area contributed by atoms with E-state index in [1.54, 1.807) is 11.1 Å². The average Bonchev–Trinajstić information content (AvgIpc) is 2.43. The molecule has 0 spiro atoms. The molecular weight excluding hydrogens is 218 g/mol. The first-order chi connectivity index (χ1) is 8.81. The van der Waals surface area contributed by atoms with Gasteiger partial charge in [-0.3, -0.25) is 0 Å². The Hall–Kier alpha value is -0.820. The lowest BCUT2D eigenvalue weighted by atomic mass is 9.52. The van der Waals surface area contributed by atoms with Crippen molar-refractivity contribution in [2.45, 2.75) is 50.0 Å². The summed E-state index contributed by atoms with van der Waals surface area (Å²) in [4.78, 5) is 2.63. The summed E-state index contributed by atoms with van der Waals surface area (Å²) in [5.74, 6) is 0.910. The van der Waals surface area contributed by atoms with E-state index in [9.17, 15) is 0 Å². The lowest BCUT2D eigenvalue weighted by Gasteiger charge is -2.58. The summed E-state index contributed by atoms with van der Waals surface area (Å²) < 4.78 is 0. The number of piperidine rings is 1. The Kier molecular flexibility index (Phi) is 2.35. The minimum Gasteiger partial charge on any atom is -0.303 e. The molecule has 1 radical (unpaired) electrons. The van der Waals surface area contributed by atoms with Crippen molar-refractivity contribution in [2.75, 3.05) is 13.6 Å². The van der Waals surface area contributed by atoms with Crippen LogP contribution in [0, 0.1) is 12.0 Å². The van der Waals surface area contributed by atoms with Gasteiger partial charge in [0, 0.05) is 11.5 Å². The highest BCUT2D eigenvalue weighted by Gasteiger charge is 2.52. The topological polar surface area (TPSA) is 3.24 Å². The smallest absolute Gasteiger partial charge is 0.0169 e. The predicted octanol–water partition coefficient (Wildman–Crippen LogP) is 3.17. The fourth-order valence-electron chi connectivity index (χ4n) is 5.08. The molecule has 1 aliphatic heterocycles. The normalized spacial score (nSPS) is 38.9. The van der Waals surface area contributed by atoms with Crippen LogP contribution in [0.15, 0.2) is 18.2 Å². The molecule has 1 heteroatoms. The van der Waals surface area contributed by atoms with Crippen LogP contribution < -0.4 is 0 Å². The second-order valence-corrected chi connectivity index (χ2v) is 6.59. The molecular formula is C17H22N. The summed E-state index contributed by atoms with van der Waals surface area (Å²) in [6, 6.07) is 10.9. The van der Waals surface area contributed by atoms with Crippen molar-refractivity contribution in [3.8, 4) is 0 Å². The van der Waals surface area contributed by atoms with Gasteiger partial charge in [0.05, 0.1) is 0 Å². The highest BCUT2D eigenvalue weighted by atomic mass is 15.1. The van der Waals surface area contributed by atoms with E-state index in [4.69, 9.17) is 0 Å². The lowest BCUT2D eigenvalue weighted by Crippen LogP contribution is -2.59. The molecule has 2 fully saturated rings. The van der Waals surface area contributed by atoms with Gasteiger partial charge in [-0.15, -0.1) is 0 Å². The van der Waals surface area contributed by atoms with Crippen LogP contribution in [0.5, 0.6) is 0 Å². The number of likely N-dealkylation sites (N-methyl/N-ethyl adjacent to an activating group) is 1. The molecule has 0 N–H and O–H groups in total. The van der Waals surface area contributed by atoms with Gasteiger partial charge in [0.1, 0.15) is 0 Å². The van der Waals surface area contributed by atoms with Gasteiger partial charge in [-0.1, -0.05) is 31.0 Å². The van der Waals surface area contributed by atoms with E-state index in [2.05, 4.69) is 36.2 Å². The zero-order valence-electron chi connectivity index (χ0n) is 11.3.